The van der Waals surface area contributed by atoms with Crippen LogP contribution >= 0.6 is 0 Å². The SMILES string of the molecule is CC(C)CC(C)N(C)C(=O)c1cc(F)ccc1N. The zero-order valence-electron chi connectivity index (χ0n) is 11.4. The average Bonchev–Trinajstić information content (AvgIpc) is 2.29. The molecule has 0 radical (unpaired) electrons. The molecule has 3 nitrogen and oxygen atoms in total. The zero-order chi connectivity index (χ0) is 13.9. The number of carbonyl (C=O) groups is 1. The van der Waals surface area contributed by atoms with Crippen LogP contribution in [0.25, 0.3) is 0 Å². The van der Waals surface area contributed by atoms with Crippen LogP contribution in [0.5, 0.6) is 0 Å². The molecule has 0 aliphatic carbocycles. The van der Waals surface area contributed by atoms with Gasteiger partial charge in [-0.25, -0.2) is 4.39 Å². The fraction of sp³-hybridized carbons (Fsp3) is 0.500. The summed E-state index contributed by atoms with van der Waals surface area (Å²) >= 11 is 0. The van der Waals surface area contributed by atoms with Crippen LogP contribution in [0.4, 0.5) is 10.1 Å². The summed E-state index contributed by atoms with van der Waals surface area (Å²) in [6.45, 7) is 6.18. The number of hydrogen-bond acceptors (Lipinski definition) is 2. The van der Waals surface area contributed by atoms with Crippen LogP contribution in [0, 0.1) is 11.7 Å². The van der Waals surface area contributed by atoms with Gasteiger partial charge >= 0.3 is 0 Å². The molecule has 0 bridgehead atoms. The average molecular weight is 252 g/mol. The first-order chi connectivity index (χ1) is 8.32. The largest absolute Gasteiger partial charge is 0.398 e. The maximum Gasteiger partial charge on any atom is 0.256 e. The van der Waals surface area contributed by atoms with Gasteiger partial charge < -0.3 is 10.6 Å². The fourth-order valence-corrected chi connectivity index (χ4v) is 1.94. The smallest absolute Gasteiger partial charge is 0.256 e. The minimum atomic E-state index is -0.447. The molecule has 1 rings (SSSR count). The predicted octanol–water partition coefficient (Wildman–Crippen LogP) is 2.91. The lowest BCUT2D eigenvalue weighted by molar-refractivity contribution is 0.0729. The molecule has 100 valence electrons. The highest BCUT2D eigenvalue weighted by Gasteiger charge is 2.20. The van der Waals surface area contributed by atoms with E-state index < -0.39 is 5.82 Å². The van der Waals surface area contributed by atoms with Crippen LogP contribution in [-0.4, -0.2) is 23.9 Å². The second-order valence-corrected chi connectivity index (χ2v) is 5.13. The van der Waals surface area contributed by atoms with Crippen molar-refractivity contribution in [2.24, 2.45) is 5.92 Å². The number of rotatable bonds is 4. The van der Waals surface area contributed by atoms with E-state index in [0.717, 1.165) is 6.42 Å². The molecule has 0 aromatic heterocycles. The van der Waals surface area contributed by atoms with E-state index in [0.29, 0.717) is 11.6 Å². The Hall–Kier alpha value is -1.58. The number of amides is 1. The van der Waals surface area contributed by atoms with E-state index in [4.69, 9.17) is 5.73 Å². The Morgan fingerprint density at radius 3 is 2.56 bits per heavy atom. The van der Waals surface area contributed by atoms with Crippen molar-refractivity contribution < 1.29 is 9.18 Å². The third-order valence-corrected chi connectivity index (χ3v) is 3.04. The summed E-state index contributed by atoms with van der Waals surface area (Å²) in [4.78, 5) is 13.8. The van der Waals surface area contributed by atoms with E-state index >= 15 is 0 Å². The Bertz CT molecular complexity index is 432. The van der Waals surface area contributed by atoms with Crippen molar-refractivity contribution in [1.29, 1.82) is 0 Å². The van der Waals surface area contributed by atoms with Crippen LogP contribution in [0.2, 0.25) is 0 Å². The minimum absolute atomic E-state index is 0.0974. The van der Waals surface area contributed by atoms with Crippen molar-refractivity contribution >= 4 is 11.6 Å². The van der Waals surface area contributed by atoms with Gasteiger partial charge in [0.15, 0.2) is 0 Å². The fourth-order valence-electron chi connectivity index (χ4n) is 1.94. The summed E-state index contributed by atoms with van der Waals surface area (Å²) in [6, 6.07) is 3.96. The number of nitrogens with zero attached hydrogens (tertiary/aromatic N) is 1. The van der Waals surface area contributed by atoms with Crippen molar-refractivity contribution in [3.05, 3.63) is 29.6 Å². The Morgan fingerprint density at radius 1 is 1.39 bits per heavy atom. The van der Waals surface area contributed by atoms with Gasteiger partial charge in [-0.3, -0.25) is 4.79 Å². The normalized spacial score (nSPS) is 12.6. The molecule has 1 aromatic carbocycles. The number of carbonyl (C=O) groups excluding carboxylic acids is 1. The topological polar surface area (TPSA) is 46.3 Å². The predicted molar refractivity (Wildman–Crippen MR) is 71.8 cm³/mol. The molecule has 0 saturated heterocycles. The lowest BCUT2D eigenvalue weighted by atomic mass is 10.0. The molecule has 0 saturated carbocycles. The molecule has 0 fully saturated rings. The van der Waals surface area contributed by atoms with Gasteiger partial charge in [0, 0.05) is 18.8 Å². The van der Waals surface area contributed by atoms with Gasteiger partial charge in [0.2, 0.25) is 0 Å². The third kappa shape index (κ3) is 3.45. The van der Waals surface area contributed by atoms with E-state index in [1.165, 1.54) is 18.2 Å². The van der Waals surface area contributed by atoms with E-state index in [1.54, 1.807) is 11.9 Å². The summed E-state index contributed by atoms with van der Waals surface area (Å²) in [7, 11) is 1.72. The third-order valence-electron chi connectivity index (χ3n) is 3.04. The molecule has 2 N–H and O–H groups in total. The molecule has 0 spiro atoms. The second kappa shape index (κ2) is 5.85. The lowest BCUT2D eigenvalue weighted by Crippen LogP contribution is -2.36. The molecule has 1 unspecified atom stereocenters. The standard InChI is InChI=1S/C14H21FN2O/c1-9(2)7-10(3)17(4)14(18)12-8-11(15)5-6-13(12)16/h5-6,8-10H,7,16H2,1-4H3. The van der Waals surface area contributed by atoms with Crippen molar-refractivity contribution in [2.75, 3.05) is 12.8 Å². The highest BCUT2D eigenvalue weighted by molar-refractivity contribution is 5.99. The van der Waals surface area contributed by atoms with E-state index in [9.17, 15) is 9.18 Å². The summed E-state index contributed by atoms with van der Waals surface area (Å²) in [5.74, 6) is -0.183. The van der Waals surface area contributed by atoms with Crippen LogP contribution in [0.1, 0.15) is 37.6 Å². The molecule has 1 amide bonds. The van der Waals surface area contributed by atoms with Crippen LogP contribution in [0.15, 0.2) is 18.2 Å². The first-order valence-corrected chi connectivity index (χ1v) is 6.15. The van der Waals surface area contributed by atoms with Crippen molar-refractivity contribution in [3.63, 3.8) is 0 Å². The van der Waals surface area contributed by atoms with Crippen molar-refractivity contribution in [2.45, 2.75) is 33.2 Å². The number of nitrogens with two attached hydrogens (primary N) is 1. The van der Waals surface area contributed by atoms with Gasteiger partial charge in [-0.2, -0.15) is 0 Å². The Kier molecular flexibility index (Phi) is 4.70. The molecular weight excluding hydrogens is 231 g/mol. The summed E-state index contributed by atoms with van der Waals surface area (Å²) in [6.07, 6.45) is 0.900. The molecule has 4 heteroatoms. The molecule has 18 heavy (non-hydrogen) atoms. The maximum atomic E-state index is 13.2. The first-order valence-electron chi connectivity index (χ1n) is 6.15. The van der Waals surface area contributed by atoms with Gasteiger partial charge in [-0.15, -0.1) is 0 Å². The van der Waals surface area contributed by atoms with E-state index in [2.05, 4.69) is 13.8 Å². The van der Waals surface area contributed by atoms with E-state index in [1.807, 2.05) is 6.92 Å². The molecule has 0 aliphatic rings. The van der Waals surface area contributed by atoms with Gasteiger partial charge in [0.05, 0.1) is 5.56 Å². The van der Waals surface area contributed by atoms with Crippen LogP contribution in [0.3, 0.4) is 0 Å². The first kappa shape index (κ1) is 14.5. The number of hydrogen-bond donors (Lipinski definition) is 1. The molecule has 0 heterocycles. The quantitative estimate of drug-likeness (QED) is 0.837. The monoisotopic (exact) mass is 252 g/mol. The molecule has 1 aromatic rings. The molecule has 0 aliphatic heterocycles. The summed E-state index contributed by atoms with van der Waals surface area (Å²) in [5.41, 5.74) is 6.26. The Balaban J connectivity index is 2.89. The summed E-state index contributed by atoms with van der Waals surface area (Å²) in [5, 5.41) is 0. The minimum Gasteiger partial charge on any atom is -0.398 e. The van der Waals surface area contributed by atoms with Gasteiger partial charge in [-0.05, 0) is 37.5 Å². The highest BCUT2D eigenvalue weighted by atomic mass is 19.1. The van der Waals surface area contributed by atoms with Gasteiger partial charge in [0.25, 0.3) is 5.91 Å². The second-order valence-electron chi connectivity index (χ2n) is 5.13. The number of benzene rings is 1. The highest BCUT2D eigenvalue weighted by Crippen LogP contribution is 2.18. The molecular formula is C14H21FN2O. The number of nitrogen functional groups attached to an aromatic ring is 1. The van der Waals surface area contributed by atoms with Gasteiger partial charge in [0.1, 0.15) is 5.82 Å². The lowest BCUT2D eigenvalue weighted by Gasteiger charge is -2.26. The van der Waals surface area contributed by atoms with Crippen molar-refractivity contribution in [1.82, 2.24) is 4.90 Å². The van der Waals surface area contributed by atoms with Crippen LogP contribution in [-0.2, 0) is 0 Å². The maximum absolute atomic E-state index is 13.2. The summed E-state index contributed by atoms with van der Waals surface area (Å²) < 4.78 is 13.2. The molecule has 1 atom stereocenters. The Labute approximate surface area is 108 Å². The van der Waals surface area contributed by atoms with E-state index in [-0.39, 0.29) is 17.5 Å². The Morgan fingerprint density at radius 2 is 2.00 bits per heavy atom. The van der Waals surface area contributed by atoms with Gasteiger partial charge in [-0.1, -0.05) is 13.8 Å². The number of halogens is 1. The van der Waals surface area contributed by atoms with Crippen LogP contribution < -0.4 is 5.73 Å². The number of anilines is 1. The van der Waals surface area contributed by atoms with Crippen molar-refractivity contribution in [3.8, 4) is 0 Å². The zero-order valence-corrected chi connectivity index (χ0v) is 11.4.